The van der Waals surface area contributed by atoms with Crippen molar-refractivity contribution in [2.75, 3.05) is 30.7 Å². The van der Waals surface area contributed by atoms with E-state index in [4.69, 9.17) is 0 Å². The molecule has 3 aliphatic rings. The third kappa shape index (κ3) is 3.96. The second-order valence-corrected chi connectivity index (χ2v) is 11.5. The molecule has 1 aromatic heterocycles. The van der Waals surface area contributed by atoms with Gasteiger partial charge in [0.25, 0.3) is 5.91 Å². The van der Waals surface area contributed by atoms with E-state index in [1.54, 1.807) is 12.4 Å². The number of carbonyl (C=O) groups excluding carboxylic acids is 1. The number of hydrogen-bond donors (Lipinski definition) is 2. The van der Waals surface area contributed by atoms with Crippen molar-refractivity contribution in [1.29, 1.82) is 0 Å². The molecule has 34 heavy (non-hydrogen) atoms. The van der Waals surface area contributed by atoms with Crippen molar-refractivity contribution < 1.29 is 17.6 Å². The van der Waals surface area contributed by atoms with Gasteiger partial charge in [-0.3, -0.25) is 4.79 Å². The molecule has 2 fully saturated rings. The SMILES string of the molecule is CCc1cnc([C@@]2(Nc3cc4c(cc3F)S(=O)(=O)CC4)CCCN(C3CCNCC3)C2=O)nc1. The summed E-state index contributed by atoms with van der Waals surface area (Å²) in [6, 6.07) is 2.72. The summed E-state index contributed by atoms with van der Waals surface area (Å²) in [6.07, 6.45) is 7.41. The Morgan fingerprint density at radius 1 is 1.24 bits per heavy atom. The van der Waals surface area contributed by atoms with Gasteiger partial charge >= 0.3 is 0 Å². The fourth-order valence-electron chi connectivity index (χ4n) is 5.34. The lowest BCUT2D eigenvalue weighted by Crippen LogP contribution is -2.60. The zero-order valence-corrected chi connectivity index (χ0v) is 20.1. The fourth-order valence-corrected chi connectivity index (χ4v) is 6.89. The van der Waals surface area contributed by atoms with Crippen molar-refractivity contribution in [3.63, 3.8) is 0 Å². The van der Waals surface area contributed by atoms with Crippen molar-refractivity contribution in [2.45, 2.75) is 61.9 Å². The summed E-state index contributed by atoms with van der Waals surface area (Å²) in [5, 5.41) is 6.53. The Morgan fingerprint density at radius 2 is 1.97 bits per heavy atom. The van der Waals surface area contributed by atoms with E-state index in [0.717, 1.165) is 50.4 Å². The van der Waals surface area contributed by atoms with Gasteiger partial charge in [0.1, 0.15) is 5.82 Å². The Morgan fingerprint density at radius 3 is 2.68 bits per heavy atom. The van der Waals surface area contributed by atoms with Crippen LogP contribution in [0.5, 0.6) is 0 Å². The minimum atomic E-state index is -3.46. The van der Waals surface area contributed by atoms with Crippen LogP contribution in [-0.2, 0) is 33.0 Å². The Kier molecular flexibility index (Phi) is 6.05. The van der Waals surface area contributed by atoms with Crippen molar-refractivity contribution in [2.24, 2.45) is 0 Å². The van der Waals surface area contributed by atoms with Gasteiger partial charge in [-0.2, -0.15) is 0 Å². The van der Waals surface area contributed by atoms with E-state index in [1.807, 2.05) is 11.8 Å². The summed E-state index contributed by atoms with van der Waals surface area (Å²) < 4.78 is 39.7. The normalized spacial score (nSPS) is 24.8. The van der Waals surface area contributed by atoms with Gasteiger partial charge < -0.3 is 15.5 Å². The number of aromatic nitrogens is 2. The van der Waals surface area contributed by atoms with Crippen LogP contribution < -0.4 is 10.6 Å². The molecule has 4 heterocycles. The lowest BCUT2D eigenvalue weighted by atomic mass is 9.84. The first-order valence-electron chi connectivity index (χ1n) is 12.0. The van der Waals surface area contributed by atoms with Crippen LogP contribution in [0.1, 0.15) is 49.6 Å². The number of fused-ring (bicyclic) bond motifs is 1. The molecule has 3 aliphatic heterocycles. The summed E-state index contributed by atoms with van der Waals surface area (Å²) in [5.41, 5.74) is 0.313. The molecule has 0 bridgehead atoms. The molecule has 0 saturated carbocycles. The van der Waals surface area contributed by atoms with E-state index in [9.17, 15) is 13.2 Å². The predicted molar refractivity (Wildman–Crippen MR) is 126 cm³/mol. The number of piperidine rings is 2. The Balaban J connectivity index is 1.57. The number of halogens is 1. The minimum Gasteiger partial charge on any atom is -0.363 e. The zero-order valence-electron chi connectivity index (χ0n) is 19.3. The number of sulfone groups is 1. The van der Waals surface area contributed by atoms with Crippen LogP contribution in [0.4, 0.5) is 10.1 Å². The number of rotatable bonds is 5. The summed E-state index contributed by atoms with van der Waals surface area (Å²) in [6.45, 7) is 4.35. The van der Waals surface area contributed by atoms with Gasteiger partial charge in [-0.15, -0.1) is 0 Å². The Bertz CT molecular complexity index is 1200. The van der Waals surface area contributed by atoms with E-state index in [2.05, 4.69) is 20.6 Å². The topological polar surface area (TPSA) is 104 Å². The molecule has 1 aromatic carbocycles. The van der Waals surface area contributed by atoms with Crippen molar-refractivity contribution >= 4 is 21.4 Å². The third-order valence-corrected chi connectivity index (χ3v) is 9.09. The number of aryl methyl sites for hydroxylation is 2. The third-order valence-electron chi connectivity index (χ3n) is 7.29. The minimum absolute atomic E-state index is 0.0274. The first-order valence-corrected chi connectivity index (χ1v) is 13.7. The van der Waals surface area contributed by atoms with Crippen molar-refractivity contribution in [3.8, 4) is 0 Å². The van der Waals surface area contributed by atoms with Crippen molar-refractivity contribution in [3.05, 3.63) is 47.3 Å². The molecule has 2 N–H and O–H groups in total. The predicted octanol–water partition coefficient (Wildman–Crippen LogP) is 2.19. The molecular weight excluding hydrogens is 457 g/mol. The van der Waals surface area contributed by atoms with Crippen LogP contribution >= 0.6 is 0 Å². The molecule has 2 aromatic rings. The molecule has 2 saturated heterocycles. The van der Waals surface area contributed by atoms with Crippen LogP contribution in [0.25, 0.3) is 0 Å². The monoisotopic (exact) mass is 487 g/mol. The van der Waals surface area contributed by atoms with Crippen molar-refractivity contribution in [1.82, 2.24) is 20.2 Å². The number of nitrogens with zero attached hydrogens (tertiary/aromatic N) is 3. The van der Waals surface area contributed by atoms with Gasteiger partial charge in [0, 0.05) is 25.0 Å². The molecule has 8 nitrogen and oxygen atoms in total. The highest BCUT2D eigenvalue weighted by molar-refractivity contribution is 7.91. The van der Waals surface area contributed by atoms with E-state index >= 15 is 4.39 Å². The maximum absolute atomic E-state index is 15.2. The number of amides is 1. The van der Waals surface area contributed by atoms with Crippen LogP contribution in [-0.4, -0.2) is 60.6 Å². The molecule has 10 heteroatoms. The zero-order chi connectivity index (χ0) is 23.9. The quantitative estimate of drug-likeness (QED) is 0.666. The van der Waals surface area contributed by atoms with Gasteiger partial charge in [-0.05, 0) is 74.9 Å². The molecule has 5 rings (SSSR count). The summed E-state index contributed by atoms with van der Waals surface area (Å²) in [7, 11) is -3.46. The van der Waals surface area contributed by atoms with E-state index < -0.39 is 21.2 Å². The number of carbonyl (C=O) groups is 1. The summed E-state index contributed by atoms with van der Waals surface area (Å²) in [5.74, 6) is -0.552. The maximum atomic E-state index is 15.2. The molecule has 1 atom stereocenters. The molecular formula is C24H30FN5O3S. The maximum Gasteiger partial charge on any atom is 0.256 e. The largest absolute Gasteiger partial charge is 0.363 e. The first kappa shape index (κ1) is 23.2. The van der Waals surface area contributed by atoms with Gasteiger partial charge in [-0.25, -0.2) is 22.8 Å². The van der Waals surface area contributed by atoms with Crippen LogP contribution in [0.2, 0.25) is 0 Å². The number of nitrogens with one attached hydrogen (secondary N) is 2. The number of likely N-dealkylation sites (tertiary alicyclic amines) is 1. The van der Waals surface area contributed by atoms with E-state index in [1.165, 1.54) is 6.07 Å². The highest BCUT2D eigenvalue weighted by atomic mass is 32.2. The van der Waals surface area contributed by atoms with Gasteiger partial charge in [0.05, 0.1) is 16.3 Å². The number of anilines is 1. The highest BCUT2D eigenvalue weighted by Crippen LogP contribution is 2.39. The van der Waals surface area contributed by atoms with Crippen LogP contribution in [0, 0.1) is 5.82 Å². The molecule has 0 spiro atoms. The summed E-state index contributed by atoms with van der Waals surface area (Å²) >= 11 is 0. The first-order chi connectivity index (χ1) is 16.3. The number of benzene rings is 1. The second kappa shape index (κ2) is 8.88. The Hall–Kier alpha value is -2.59. The molecule has 0 radical (unpaired) electrons. The Labute approximate surface area is 199 Å². The molecule has 0 aliphatic carbocycles. The van der Waals surface area contributed by atoms with Gasteiger partial charge in [0.2, 0.25) is 0 Å². The van der Waals surface area contributed by atoms with Crippen LogP contribution in [0.15, 0.2) is 29.4 Å². The molecule has 0 unspecified atom stereocenters. The average molecular weight is 488 g/mol. The summed E-state index contributed by atoms with van der Waals surface area (Å²) in [4.78, 5) is 25.1. The highest BCUT2D eigenvalue weighted by Gasteiger charge is 2.50. The lowest BCUT2D eigenvalue weighted by Gasteiger charge is -2.45. The average Bonchev–Trinajstić information content (AvgIpc) is 3.14. The van der Waals surface area contributed by atoms with Crippen LogP contribution in [0.3, 0.4) is 0 Å². The smallest absolute Gasteiger partial charge is 0.256 e. The van der Waals surface area contributed by atoms with E-state index in [0.29, 0.717) is 30.8 Å². The standard InChI is InChI=1S/C24H30FN5O3S/c1-2-16-14-27-22(28-15-16)24(7-3-10-30(23(24)31)18-4-8-26-9-5-18)29-20-12-17-6-11-34(32,33)21(17)13-19(20)25/h12-15,18,26,29H,2-11H2,1H3/t24-/m0/s1. The van der Waals surface area contributed by atoms with E-state index in [-0.39, 0.29) is 28.3 Å². The number of hydrogen-bond acceptors (Lipinski definition) is 7. The fraction of sp³-hybridized carbons (Fsp3) is 0.542. The van der Waals surface area contributed by atoms with Gasteiger partial charge in [0.15, 0.2) is 21.2 Å². The molecule has 1 amide bonds. The lowest BCUT2D eigenvalue weighted by molar-refractivity contribution is -0.143. The van der Waals surface area contributed by atoms with Gasteiger partial charge in [-0.1, -0.05) is 6.92 Å². The second-order valence-electron chi connectivity index (χ2n) is 9.39. The molecule has 182 valence electrons.